The molecule has 8 heteroatoms. The van der Waals surface area contributed by atoms with Crippen molar-refractivity contribution < 1.29 is 23.5 Å². The summed E-state index contributed by atoms with van der Waals surface area (Å²) in [5.41, 5.74) is 0.537. The van der Waals surface area contributed by atoms with Crippen LogP contribution in [0.5, 0.6) is 11.5 Å². The van der Waals surface area contributed by atoms with Crippen molar-refractivity contribution in [3.63, 3.8) is 0 Å². The molecule has 0 bridgehead atoms. The third-order valence-corrected chi connectivity index (χ3v) is 4.21. The topological polar surface area (TPSA) is 102 Å². The number of carbonyl (C=O) groups is 2. The minimum absolute atomic E-state index is 0.0623. The zero-order valence-electron chi connectivity index (χ0n) is 16.2. The normalized spacial score (nSPS) is 10.8. The number of benzene rings is 2. The van der Waals surface area contributed by atoms with Gasteiger partial charge in [-0.15, -0.1) is 0 Å². The van der Waals surface area contributed by atoms with E-state index in [2.05, 4.69) is 5.32 Å². The van der Waals surface area contributed by atoms with Crippen LogP contribution in [0.3, 0.4) is 0 Å². The fraction of sp³-hybridized carbons (Fsp3) is 0.0870. The van der Waals surface area contributed by atoms with Crippen molar-refractivity contribution in [1.29, 1.82) is 5.26 Å². The number of hydrogen-bond acceptors (Lipinski definition) is 6. The Hall–Kier alpha value is -4.02. The van der Waals surface area contributed by atoms with Crippen LogP contribution in [-0.4, -0.2) is 18.5 Å². The smallest absolute Gasteiger partial charge is 0.349 e. The van der Waals surface area contributed by atoms with Crippen molar-refractivity contribution >= 4 is 29.6 Å². The summed E-state index contributed by atoms with van der Waals surface area (Å²) in [6, 6.07) is 18.3. The van der Waals surface area contributed by atoms with Gasteiger partial charge >= 0.3 is 5.97 Å². The summed E-state index contributed by atoms with van der Waals surface area (Å²) in [7, 11) is 0. The molecule has 3 aromatic rings. The van der Waals surface area contributed by atoms with E-state index in [0.717, 1.165) is 0 Å². The number of hydrogen-bond donors (Lipinski definition) is 1. The number of nitrogens with zero attached hydrogens (tertiary/aromatic N) is 1. The highest BCUT2D eigenvalue weighted by molar-refractivity contribution is 6.30. The molecule has 0 aliphatic carbocycles. The monoisotopic (exact) mass is 436 g/mol. The summed E-state index contributed by atoms with van der Waals surface area (Å²) in [6.45, 7) is -0.0878. The van der Waals surface area contributed by atoms with Crippen LogP contribution in [0, 0.1) is 11.3 Å². The molecule has 0 aliphatic heterocycles. The molecule has 0 unspecified atom stereocenters. The van der Waals surface area contributed by atoms with Crippen molar-refractivity contribution in [2.45, 2.75) is 6.54 Å². The molecular weight excluding hydrogens is 420 g/mol. The standard InChI is InChI=1S/C23H17ClN2O5/c24-18-5-9-19(10-6-18)30-15-22(27)31-20-7-3-16(4-8-20)12-17(13-25)23(28)26-14-21-2-1-11-29-21/h1-12H,14-15H2,(H,26,28)/b17-12+. The van der Waals surface area contributed by atoms with E-state index in [0.29, 0.717) is 27.8 Å². The molecular formula is C23H17ClN2O5. The van der Waals surface area contributed by atoms with Gasteiger partial charge in [0.05, 0.1) is 12.8 Å². The molecule has 0 saturated heterocycles. The van der Waals surface area contributed by atoms with Crippen LogP contribution in [0.1, 0.15) is 11.3 Å². The molecule has 31 heavy (non-hydrogen) atoms. The maximum Gasteiger partial charge on any atom is 0.349 e. The van der Waals surface area contributed by atoms with E-state index < -0.39 is 11.9 Å². The van der Waals surface area contributed by atoms with E-state index >= 15 is 0 Å². The first kappa shape index (κ1) is 21.7. The van der Waals surface area contributed by atoms with Crippen molar-refractivity contribution in [1.82, 2.24) is 5.32 Å². The third kappa shape index (κ3) is 6.77. The number of rotatable bonds is 8. The molecule has 156 valence electrons. The lowest BCUT2D eigenvalue weighted by atomic mass is 10.1. The molecule has 0 atom stereocenters. The number of nitrogens with one attached hydrogen (secondary N) is 1. The van der Waals surface area contributed by atoms with Gasteiger partial charge in [-0.1, -0.05) is 23.7 Å². The van der Waals surface area contributed by atoms with Crippen molar-refractivity contribution in [2.24, 2.45) is 0 Å². The molecule has 0 saturated carbocycles. The second-order valence-corrected chi connectivity index (χ2v) is 6.65. The maximum atomic E-state index is 12.2. The summed E-state index contributed by atoms with van der Waals surface area (Å²) < 4.78 is 15.7. The van der Waals surface area contributed by atoms with Crippen molar-refractivity contribution in [2.75, 3.05) is 6.61 Å². The molecule has 1 aromatic heterocycles. The molecule has 1 heterocycles. The number of carbonyl (C=O) groups excluding carboxylic acids is 2. The van der Waals surface area contributed by atoms with Crippen molar-refractivity contribution in [3.8, 4) is 17.6 Å². The molecule has 7 nitrogen and oxygen atoms in total. The Kier molecular flexibility index (Phi) is 7.46. The highest BCUT2D eigenvalue weighted by Gasteiger charge is 2.10. The van der Waals surface area contributed by atoms with Crippen LogP contribution in [0.4, 0.5) is 0 Å². The lowest BCUT2D eigenvalue weighted by Crippen LogP contribution is -2.23. The van der Waals surface area contributed by atoms with Crippen LogP contribution >= 0.6 is 11.6 Å². The first-order valence-corrected chi connectivity index (χ1v) is 9.53. The number of furan rings is 1. The molecule has 0 aliphatic rings. The van der Waals surface area contributed by atoms with Crippen LogP contribution in [0.2, 0.25) is 5.02 Å². The van der Waals surface area contributed by atoms with E-state index in [4.69, 9.17) is 25.5 Å². The highest BCUT2D eigenvalue weighted by atomic mass is 35.5. The predicted molar refractivity (Wildman–Crippen MR) is 113 cm³/mol. The second kappa shape index (κ2) is 10.7. The van der Waals surface area contributed by atoms with Gasteiger partial charge in [0.1, 0.15) is 28.9 Å². The summed E-state index contributed by atoms with van der Waals surface area (Å²) in [5, 5.41) is 12.4. The average Bonchev–Trinajstić information content (AvgIpc) is 3.30. The molecule has 0 radical (unpaired) electrons. The summed E-state index contributed by atoms with van der Waals surface area (Å²) >= 11 is 5.79. The maximum absolute atomic E-state index is 12.2. The van der Waals surface area contributed by atoms with Crippen LogP contribution in [0.15, 0.2) is 76.9 Å². The Morgan fingerprint density at radius 1 is 1.06 bits per heavy atom. The fourth-order valence-electron chi connectivity index (χ4n) is 2.46. The summed E-state index contributed by atoms with van der Waals surface area (Å²) in [4.78, 5) is 24.1. The van der Waals surface area contributed by atoms with E-state index in [1.807, 2.05) is 6.07 Å². The van der Waals surface area contributed by atoms with Gasteiger partial charge in [0.15, 0.2) is 6.61 Å². The number of esters is 1. The van der Waals surface area contributed by atoms with Gasteiger partial charge in [0.2, 0.25) is 0 Å². The molecule has 0 spiro atoms. The largest absolute Gasteiger partial charge is 0.482 e. The van der Waals surface area contributed by atoms with E-state index in [1.54, 1.807) is 60.7 Å². The van der Waals surface area contributed by atoms with Gasteiger partial charge in [0.25, 0.3) is 5.91 Å². The van der Waals surface area contributed by atoms with Crippen LogP contribution < -0.4 is 14.8 Å². The zero-order chi connectivity index (χ0) is 22.1. The summed E-state index contributed by atoms with van der Waals surface area (Å²) in [6.07, 6.45) is 2.94. The number of nitriles is 1. The highest BCUT2D eigenvalue weighted by Crippen LogP contribution is 2.17. The van der Waals surface area contributed by atoms with Gasteiger partial charge in [-0.05, 0) is 60.2 Å². The number of ether oxygens (including phenoxy) is 2. The molecule has 0 fully saturated rings. The fourth-order valence-corrected chi connectivity index (χ4v) is 2.58. The Morgan fingerprint density at radius 2 is 1.77 bits per heavy atom. The Labute approximate surface area is 183 Å². The minimum Gasteiger partial charge on any atom is -0.482 e. The van der Waals surface area contributed by atoms with Gasteiger partial charge in [-0.2, -0.15) is 5.26 Å². The summed E-state index contributed by atoms with van der Waals surface area (Å²) in [5.74, 6) is 0.290. The average molecular weight is 437 g/mol. The molecule has 1 N–H and O–H groups in total. The van der Waals surface area contributed by atoms with E-state index in [-0.39, 0.29) is 18.7 Å². The third-order valence-electron chi connectivity index (χ3n) is 3.96. The first-order valence-electron chi connectivity index (χ1n) is 9.15. The van der Waals surface area contributed by atoms with Gasteiger partial charge in [-0.3, -0.25) is 4.79 Å². The lowest BCUT2D eigenvalue weighted by Gasteiger charge is -2.07. The van der Waals surface area contributed by atoms with E-state index in [1.165, 1.54) is 12.3 Å². The Bertz CT molecular complexity index is 1100. The quantitative estimate of drug-likeness (QED) is 0.246. The van der Waals surface area contributed by atoms with Crippen LogP contribution in [0.25, 0.3) is 6.08 Å². The second-order valence-electron chi connectivity index (χ2n) is 6.22. The SMILES string of the molecule is N#C/C(=C\c1ccc(OC(=O)COc2ccc(Cl)cc2)cc1)C(=O)NCc1ccco1. The van der Waals surface area contributed by atoms with Gasteiger partial charge in [0, 0.05) is 5.02 Å². The van der Waals surface area contributed by atoms with Gasteiger partial charge < -0.3 is 19.2 Å². The molecule has 3 rings (SSSR count). The molecule has 1 amide bonds. The lowest BCUT2D eigenvalue weighted by molar-refractivity contribution is -0.136. The van der Waals surface area contributed by atoms with Crippen LogP contribution in [-0.2, 0) is 16.1 Å². The Balaban J connectivity index is 1.53. The van der Waals surface area contributed by atoms with E-state index in [9.17, 15) is 14.9 Å². The van der Waals surface area contributed by atoms with Gasteiger partial charge in [-0.25, -0.2) is 4.79 Å². The molecule has 2 aromatic carbocycles. The first-order chi connectivity index (χ1) is 15.0. The number of amides is 1. The zero-order valence-corrected chi connectivity index (χ0v) is 17.0. The predicted octanol–water partition coefficient (Wildman–Crippen LogP) is 4.14. The minimum atomic E-state index is -0.576. The Morgan fingerprint density at radius 3 is 2.42 bits per heavy atom. The number of halogens is 1. The van der Waals surface area contributed by atoms with Crippen molar-refractivity contribution in [3.05, 3.63) is 88.8 Å².